The molecule has 1 aromatic heterocycles. The first kappa shape index (κ1) is 18.0. The van der Waals surface area contributed by atoms with Gasteiger partial charge in [0.25, 0.3) is 0 Å². The lowest BCUT2D eigenvalue weighted by atomic mass is 9.90. The van der Waals surface area contributed by atoms with Crippen molar-refractivity contribution >= 4 is 17.2 Å². The zero-order valence-corrected chi connectivity index (χ0v) is 15.8. The number of thiazole rings is 1. The molecule has 1 aliphatic rings. The Hall–Kier alpha value is -1.76. The summed E-state index contributed by atoms with van der Waals surface area (Å²) in [7, 11) is 0. The SMILES string of the molecule is Cc1ccc(-c2nc(C)c(C(C)NC(=O)C3(N)CCOCC3)s2)cc1. The molecule has 0 spiro atoms. The van der Waals surface area contributed by atoms with Crippen molar-refractivity contribution in [2.75, 3.05) is 13.2 Å². The lowest BCUT2D eigenvalue weighted by molar-refractivity contribution is -0.130. The van der Waals surface area contributed by atoms with Gasteiger partial charge in [0.05, 0.1) is 22.2 Å². The molecule has 0 radical (unpaired) electrons. The van der Waals surface area contributed by atoms with E-state index in [1.807, 2.05) is 13.8 Å². The molecule has 2 heterocycles. The Balaban J connectivity index is 1.75. The number of hydrogen-bond acceptors (Lipinski definition) is 5. The van der Waals surface area contributed by atoms with Crippen LogP contribution < -0.4 is 11.1 Å². The molecule has 6 heteroatoms. The molecule has 0 aliphatic carbocycles. The van der Waals surface area contributed by atoms with Crippen molar-refractivity contribution < 1.29 is 9.53 Å². The van der Waals surface area contributed by atoms with Gasteiger partial charge in [0.2, 0.25) is 5.91 Å². The molecule has 3 rings (SSSR count). The lowest BCUT2D eigenvalue weighted by Gasteiger charge is -2.32. The largest absolute Gasteiger partial charge is 0.381 e. The van der Waals surface area contributed by atoms with Crippen LogP contribution in [0.4, 0.5) is 0 Å². The fourth-order valence-corrected chi connectivity index (χ4v) is 4.07. The maximum absolute atomic E-state index is 12.6. The Kier molecular flexibility index (Phi) is 5.22. The van der Waals surface area contributed by atoms with Crippen molar-refractivity contribution in [2.24, 2.45) is 5.73 Å². The number of carbonyl (C=O) groups excluding carboxylic acids is 1. The van der Waals surface area contributed by atoms with E-state index in [4.69, 9.17) is 10.5 Å². The molecular weight excluding hydrogens is 334 g/mol. The van der Waals surface area contributed by atoms with Crippen LogP contribution in [0.2, 0.25) is 0 Å². The second-order valence-corrected chi connectivity index (χ2v) is 7.83. The number of aromatic nitrogens is 1. The van der Waals surface area contributed by atoms with Crippen molar-refractivity contribution in [1.82, 2.24) is 10.3 Å². The third-order valence-electron chi connectivity index (χ3n) is 4.71. The molecule has 1 fully saturated rings. The monoisotopic (exact) mass is 359 g/mol. The van der Waals surface area contributed by atoms with E-state index in [9.17, 15) is 4.79 Å². The van der Waals surface area contributed by atoms with Gasteiger partial charge >= 0.3 is 0 Å². The number of nitrogens with zero attached hydrogens (tertiary/aromatic N) is 1. The van der Waals surface area contributed by atoms with Crippen molar-refractivity contribution in [3.8, 4) is 10.6 Å². The van der Waals surface area contributed by atoms with Crippen molar-refractivity contribution in [3.05, 3.63) is 40.4 Å². The molecule has 1 aliphatic heterocycles. The number of ether oxygens (including phenoxy) is 1. The highest BCUT2D eigenvalue weighted by Crippen LogP contribution is 2.32. The van der Waals surface area contributed by atoms with Gasteiger partial charge in [0.15, 0.2) is 0 Å². The number of benzene rings is 1. The second-order valence-electron chi connectivity index (χ2n) is 6.80. The van der Waals surface area contributed by atoms with Gasteiger partial charge in [-0.1, -0.05) is 29.8 Å². The average molecular weight is 359 g/mol. The van der Waals surface area contributed by atoms with Gasteiger partial charge in [-0.2, -0.15) is 0 Å². The molecular formula is C19H25N3O2S. The van der Waals surface area contributed by atoms with E-state index in [1.165, 1.54) is 5.56 Å². The molecule has 25 heavy (non-hydrogen) atoms. The van der Waals surface area contributed by atoms with Crippen LogP contribution in [0.1, 0.15) is 41.9 Å². The summed E-state index contributed by atoms with van der Waals surface area (Å²) in [6.07, 6.45) is 1.11. The topological polar surface area (TPSA) is 77.2 Å². The average Bonchev–Trinajstić information content (AvgIpc) is 2.98. The van der Waals surface area contributed by atoms with E-state index in [0.717, 1.165) is 21.1 Å². The summed E-state index contributed by atoms with van der Waals surface area (Å²) in [5, 5.41) is 4.05. The zero-order chi connectivity index (χ0) is 18.0. The van der Waals surface area contributed by atoms with Crippen LogP contribution in [-0.2, 0) is 9.53 Å². The Bertz CT molecular complexity index is 749. The third-order valence-corrected chi connectivity index (χ3v) is 6.10. The van der Waals surface area contributed by atoms with E-state index in [-0.39, 0.29) is 11.9 Å². The highest BCUT2D eigenvalue weighted by Gasteiger charge is 2.36. The van der Waals surface area contributed by atoms with Gasteiger partial charge in [-0.3, -0.25) is 4.79 Å². The Labute approximate surface area is 152 Å². The van der Waals surface area contributed by atoms with Crippen molar-refractivity contribution in [2.45, 2.75) is 45.2 Å². The van der Waals surface area contributed by atoms with Gasteiger partial charge in [-0.15, -0.1) is 11.3 Å². The normalized spacial score (nSPS) is 17.9. The zero-order valence-electron chi connectivity index (χ0n) is 15.0. The maximum Gasteiger partial charge on any atom is 0.240 e. The minimum atomic E-state index is -0.828. The first-order valence-corrected chi connectivity index (χ1v) is 9.43. The second kappa shape index (κ2) is 7.23. The number of nitrogens with two attached hydrogens (primary N) is 1. The van der Waals surface area contributed by atoms with Crippen LogP contribution in [-0.4, -0.2) is 29.6 Å². The minimum Gasteiger partial charge on any atom is -0.381 e. The molecule has 1 aromatic carbocycles. The van der Waals surface area contributed by atoms with Crippen LogP contribution in [0.5, 0.6) is 0 Å². The van der Waals surface area contributed by atoms with Crippen molar-refractivity contribution in [1.29, 1.82) is 0 Å². The summed E-state index contributed by atoms with van der Waals surface area (Å²) in [5.41, 5.74) is 8.72. The number of amides is 1. The summed E-state index contributed by atoms with van der Waals surface area (Å²) < 4.78 is 5.32. The molecule has 2 aromatic rings. The van der Waals surface area contributed by atoms with Gasteiger partial charge in [0.1, 0.15) is 5.01 Å². The summed E-state index contributed by atoms with van der Waals surface area (Å²) >= 11 is 1.62. The van der Waals surface area contributed by atoms with E-state index in [1.54, 1.807) is 11.3 Å². The van der Waals surface area contributed by atoms with E-state index in [2.05, 4.69) is 41.5 Å². The van der Waals surface area contributed by atoms with Gasteiger partial charge in [0, 0.05) is 18.8 Å². The van der Waals surface area contributed by atoms with Gasteiger partial charge < -0.3 is 15.8 Å². The van der Waals surface area contributed by atoms with Crippen LogP contribution in [0.25, 0.3) is 10.6 Å². The maximum atomic E-state index is 12.6. The summed E-state index contributed by atoms with van der Waals surface area (Å²) in [5.74, 6) is -0.104. The Morgan fingerprint density at radius 2 is 1.92 bits per heavy atom. The molecule has 1 amide bonds. The molecule has 1 unspecified atom stereocenters. The Morgan fingerprint density at radius 1 is 1.28 bits per heavy atom. The number of nitrogens with one attached hydrogen (secondary N) is 1. The van der Waals surface area contributed by atoms with Crippen LogP contribution in [0.3, 0.4) is 0 Å². The molecule has 1 atom stereocenters. The third kappa shape index (κ3) is 3.92. The predicted molar refractivity (Wildman–Crippen MR) is 101 cm³/mol. The summed E-state index contributed by atoms with van der Waals surface area (Å²) in [6, 6.07) is 8.21. The number of rotatable bonds is 4. The predicted octanol–water partition coefficient (Wildman–Crippen LogP) is 3.11. The number of aryl methyl sites for hydroxylation is 2. The van der Waals surface area contributed by atoms with E-state index >= 15 is 0 Å². The lowest BCUT2D eigenvalue weighted by Crippen LogP contribution is -2.57. The fraction of sp³-hybridized carbons (Fsp3) is 0.474. The molecule has 5 nitrogen and oxygen atoms in total. The molecule has 3 N–H and O–H groups in total. The first-order valence-electron chi connectivity index (χ1n) is 8.61. The molecule has 134 valence electrons. The highest BCUT2D eigenvalue weighted by molar-refractivity contribution is 7.15. The standard InChI is InChI=1S/C19H25N3O2S/c1-12-4-6-15(7-5-12)17-21-13(2)16(25-17)14(3)22-18(23)19(20)8-10-24-11-9-19/h4-7,14H,8-11,20H2,1-3H3,(H,22,23). The van der Waals surface area contributed by atoms with Gasteiger partial charge in [-0.05, 0) is 33.6 Å². The summed E-state index contributed by atoms with van der Waals surface area (Å²) in [6.45, 7) is 7.11. The highest BCUT2D eigenvalue weighted by atomic mass is 32.1. The number of carbonyl (C=O) groups is 1. The van der Waals surface area contributed by atoms with Crippen LogP contribution in [0, 0.1) is 13.8 Å². The smallest absolute Gasteiger partial charge is 0.240 e. The van der Waals surface area contributed by atoms with Crippen LogP contribution >= 0.6 is 11.3 Å². The fourth-order valence-electron chi connectivity index (χ4n) is 3.00. The molecule has 0 saturated carbocycles. The Morgan fingerprint density at radius 3 is 2.56 bits per heavy atom. The first-order chi connectivity index (χ1) is 11.9. The van der Waals surface area contributed by atoms with E-state index < -0.39 is 5.54 Å². The van der Waals surface area contributed by atoms with E-state index in [0.29, 0.717) is 26.1 Å². The minimum absolute atomic E-state index is 0.104. The molecule has 1 saturated heterocycles. The quantitative estimate of drug-likeness (QED) is 0.879. The summed E-state index contributed by atoms with van der Waals surface area (Å²) in [4.78, 5) is 18.4. The number of hydrogen-bond donors (Lipinski definition) is 2. The van der Waals surface area contributed by atoms with Gasteiger partial charge in [-0.25, -0.2) is 4.98 Å². The van der Waals surface area contributed by atoms with Crippen LogP contribution in [0.15, 0.2) is 24.3 Å². The molecule has 0 bridgehead atoms. The van der Waals surface area contributed by atoms with Crippen molar-refractivity contribution in [3.63, 3.8) is 0 Å².